The zero-order valence-corrected chi connectivity index (χ0v) is 42.1. The van der Waals surface area contributed by atoms with Crippen LogP contribution < -0.4 is 0 Å². The standard InChI is InChI=1S/C38H20N3O2.C25H25N2.Ir/c1-40-36-28(39-38(40)25-13-7-12-24-21-9-3-5-15-31(21)43-37(24)25)16-17-32-34(36)27-18-30-26(19-33(27)42-32)23-11-6-10-22-20-8-2-4-14-29(20)41(30)35(22)23;1-17(2)20-13-10-14-21(18(3)4)24(20)27-23-16-9-8-15-22(23)26-25(27)19-11-6-5-7-12-19;/h2-12,14-19H,1H3;5-11,13-18H,1-4H3;/q2*-1;. The van der Waals surface area contributed by atoms with Gasteiger partial charge in [0.15, 0.2) is 0 Å². The molecule has 6 aromatic heterocycles. The fraction of sp³-hybridized carbons (Fsp3) is 0.111. The number of hydrogen-bond donors (Lipinski definition) is 0. The molecule has 0 fully saturated rings. The molecule has 9 aromatic carbocycles. The summed E-state index contributed by atoms with van der Waals surface area (Å²) in [5.41, 5.74) is 17.0. The second-order valence-corrected chi connectivity index (χ2v) is 19.1. The van der Waals surface area contributed by atoms with Crippen molar-refractivity contribution in [3.63, 3.8) is 0 Å². The number of aryl methyl sites for hydroxylation is 1. The van der Waals surface area contributed by atoms with Gasteiger partial charge in [-0.15, -0.1) is 54.1 Å². The Labute approximate surface area is 422 Å². The molecular weight excluding hydrogens is 1050 g/mol. The van der Waals surface area contributed by atoms with Crippen LogP contribution in [0, 0.1) is 12.1 Å². The molecule has 0 amide bonds. The number of nitrogens with zero attached hydrogens (tertiary/aromatic N) is 5. The predicted octanol–water partition coefficient (Wildman–Crippen LogP) is 16.7. The molecule has 7 nitrogen and oxygen atoms in total. The number of aromatic nitrogens is 5. The van der Waals surface area contributed by atoms with E-state index in [-0.39, 0.29) is 20.1 Å². The third kappa shape index (κ3) is 6.31. The SMILES string of the molecule is CC(C)c1cccc(C(C)C)c1-n1c(-c2[c-]cccc2)nc2ccccc21.Cn1c(-c2[c-]ccc3c2oc2ccccc23)nc2ccc3oc4cc5c6cccc7c8ccccc8n(c5cc4c3c21)c76.[Ir]. The van der Waals surface area contributed by atoms with Gasteiger partial charge in [-0.1, -0.05) is 124 Å². The maximum atomic E-state index is 6.55. The molecule has 8 heteroatoms. The van der Waals surface area contributed by atoms with Crippen LogP contribution in [0.2, 0.25) is 0 Å². The molecule has 0 saturated carbocycles. The Morgan fingerprint density at radius 3 is 1.96 bits per heavy atom. The van der Waals surface area contributed by atoms with E-state index in [1.807, 2.05) is 54.6 Å². The molecule has 0 unspecified atom stereocenters. The van der Waals surface area contributed by atoms with Crippen molar-refractivity contribution in [2.24, 2.45) is 7.05 Å². The van der Waals surface area contributed by atoms with Gasteiger partial charge in [0.2, 0.25) is 0 Å². The van der Waals surface area contributed by atoms with Crippen molar-refractivity contribution in [2.75, 3.05) is 0 Å². The van der Waals surface area contributed by atoms with Crippen LogP contribution in [0.5, 0.6) is 0 Å². The number of imidazole rings is 2. The summed E-state index contributed by atoms with van der Waals surface area (Å²) in [7, 11) is 2.07. The first-order valence-corrected chi connectivity index (χ1v) is 24.1. The Bertz CT molecular complexity index is 4540. The molecule has 71 heavy (non-hydrogen) atoms. The van der Waals surface area contributed by atoms with E-state index >= 15 is 0 Å². The maximum Gasteiger partial charge on any atom is 0.137 e. The monoisotopic (exact) mass is 1100 g/mol. The maximum absolute atomic E-state index is 6.55. The zero-order valence-electron chi connectivity index (χ0n) is 39.7. The number of fused-ring (bicyclic) bond motifs is 15. The molecular formula is C63H45IrN5O2-2. The summed E-state index contributed by atoms with van der Waals surface area (Å²) in [5.74, 6) is 2.61. The Kier molecular flexibility index (Phi) is 9.86. The van der Waals surface area contributed by atoms with Crippen molar-refractivity contribution in [1.29, 1.82) is 0 Å². The van der Waals surface area contributed by atoms with Crippen molar-refractivity contribution < 1.29 is 28.9 Å². The summed E-state index contributed by atoms with van der Waals surface area (Å²) in [6.07, 6.45) is 0. The van der Waals surface area contributed by atoms with Gasteiger partial charge < -0.3 is 22.4 Å². The molecule has 15 rings (SSSR count). The predicted molar refractivity (Wildman–Crippen MR) is 288 cm³/mol. The largest absolute Gasteiger partial charge is 0.501 e. The summed E-state index contributed by atoms with van der Waals surface area (Å²) in [5, 5.41) is 9.30. The number of hydrogen-bond acceptors (Lipinski definition) is 4. The minimum Gasteiger partial charge on any atom is -0.501 e. The van der Waals surface area contributed by atoms with E-state index in [1.165, 1.54) is 54.9 Å². The van der Waals surface area contributed by atoms with Crippen molar-refractivity contribution in [1.82, 2.24) is 23.5 Å². The molecule has 0 aliphatic heterocycles. The average Bonchev–Trinajstić information content (AvgIpc) is 4.25. The topological polar surface area (TPSA) is 66.3 Å². The Morgan fingerprint density at radius 1 is 0.479 bits per heavy atom. The van der Waals surface area contributed by atoms with Gasteiger partial charge in [-0.2, -0.15) is 0 Å². The third-order valence-electron chi connectivity index (χ3n) is 14.4. The molecule has 0 aliphatic rings. The second-order valence-electron chi connectivity index (χ2n) is 19.1. The van der Waals surface area contributed by atoms with Gasteiger partial charge in [-0.05, 0) is 71.5 Å². The molecule has 0 saturated heterocycles. The number of furan rings is 2. The minimum atomic E-state index is 0. The van der Waals surface area contributed by atoms with Crippen LogP contribution in [0.3, 0.4) is 0 Å². The van der Waals surface area contributed by atoms with Gasteiger partial charge in [-0.25, -0.2) is 0 Å². The fourth-order valence-electron chi connectivity index (χ4n) is 11.3. The molecule has 0 N–H and O–H groups in total. The van der Waals surface area contributed by atoms with E-state index in [4.69, 9.17) is 18.8 Å². The Hall–Kier alpha value is -8.03. The summed E-state index contributed by atoms with van der Waals surface area (Å²) < 4.78 is 19.8. The van der Waals surface area contributed by atoms with Crippen molar-refractivity contribution in [3.05, 3.63) is 193 Å². The van der Waals surface area contributed by atoms with Gasteiger partial charge in [0, 0.05) is 65.2 Å². The average molecular weight is 1100 g/mol. The van der Waals surface area contributed by atoms with Gasteiger partial charge in [-0.3, -0.25) is 9.97 Å². The summed E-state index contributed by atoms with van der Waals surface area (Å²) >= 11 is 0. The molecule has 0 spiro atoms. The van der Waals surface area contributed by atoms with Crippen LogP contribution in [-0.2, 0) is 27.2 Å². The van der Waals surface area contributed by atoms with E-state index in [1.54, 1.807) is 0 Å². The smallest absolute Gasteiger partial charge is 0.137 e. The van der Waals surface area contributed by atoms with Gasteiger partial charge in [0.05, 0.1) is 61.2 Å². The minimum absolute atomic E-state index is 0. The van der Waals surface area contributed by atoms with E-state index in [0.717, 1.165) is 88.7 Å². The van der Waals surface area contributed by atoms with Gasteiger partial charge in [0.25, 0.3) is 0 Å². The first kappa shape index (κ1) is 43.0. The zero-order chi connectivity index (χ0) is 46.9. The van der Waals surface area contributed by atoms with Crippen molar-refractivity contribution >= 4 is 104 Å². The third-order valence-corrected chi connectivity index (χ3v) is 14.4. The quantitative estimate of drug-likeness (QED) is 0.161. The summed E-state index contributed by atoms with van der Waals surface area (Å²) in [6.45, 7) is 9.04. The van der Waals surface area contributed by atoms with E-state index < -0.39 is 0 Å². The summed E-state index contributed by atoms with van der Waals surface area (Å²) in [4.78, 5) is 10.1. The molecule has 1 radical (unpaired) electrons. The number of para-hydroxylation sites is 6. The molecule has 345 valence electrons. The van der Waals surface area contributed by atoms with Crippen molar-refractivity contribution in [3.8, 4) is 28.5 Å². The molecule has 0 atom stereocenters. The normalized spacial score (nSPS) is 12.2. The molecule has 0 bridgehead atoms. The van der Waals surface area contributed by atoms with E-state index in [9.17, 15) is 0 Å². The van der Waals surface area contributed by atoms with Crippen molar-refractivity contribution in [2.45, 2.75) is 39.5 Å². The van der Waals surface area contributed by atoms with E-state index in [0.29, 0.717) is 11.8 Å². The molecule has 6 heterocycles. The van der Waals surface area contributed by atoms with Gasteiger partial charge >= 0.3 is 0 Å². The Morgan fingerprint density at radius 2 is 1.17 bits per heavy atom. The van der Waals surface area contributed by atoms with Crippen LogP contribution in [0.15, 0.2) is 179 Å². The summed E-state index contributed by atoms with van der Waals surface area (Å²) in [6, 6.07) is 66.0. The molecule has 15 aromatic rings. The van der Waals surface area contributed by atoms with Crippen LogP contribution in [0.25, 0.3) is 133 Å². The van der Waals surface area contributed by atoms with Gasteiger partial charge in [0.1, 0.15) is 16.7 Å². The number of benzene rings is 9. The fourth-order valence-corrected chi connectivity index (χ4v) is 11.3. The second kappa shape index (κ2) is 16.3. The van der Waals surface area contributed by atoms with E-state index in [2.05, 4.69) is 176 Å². The van der Waals surface area contributed by atoms with Crippen LogP contribution >= 0.6 is 0 Å². The first-order chi connectivity index (χ1) is 34.3. The van der Waals surface area contributed by atoms with Crippen LogP contribution in [0.1, 0.15) is 50.7 Å². The first-order valence-electron chi connectivity index (χ1n) is 24.1. The number of rotatable bonds is 5. The van der Waals surface area contributed by atoms with Crippen LogP contribution in [0.4, 0.5) is 0 Å². The molecule has 0 aliphatic carbocycles. The van der Waals surface area contributed by atoms with Crippen LogP contribution in [-0.4, -0.2) is 23.5 Å². The Balaban J connectivity index is 0.000000153.